The van der Waals surface area contributed by atoms with Crippen LogP contribution < -0.4 is 10.5 Å². The van der Waals surface area contributed by atoms with Crippen LogP contribution in [0.25, 0.3) is 0 Å². The lowest BCUT2D eigenvalue weighted by Crippen LogP contribution is -2.34. The van der Waals surface area contributed by atoms with Crippen molar-refractivity contribution in [3.05, 3.63) is 29.8 Å². The first-order valence-electron chi connectivity index (χ1n) is 6.98. The smallest absolute Gasteiger partial charge is 0.223 e. The van der Waals surface area contributed by atoms with Gasteiger partial charge in [0.1, 0.15) is 0 Å². The van der Waals surface area contributed by atoms with Gasteiger partial charge in [0.25, 0.3) is 0 Å². The van der Waals surface area contributed by atoms with E-state index in [9.17, 15) is 13.2 Å². The minimum absolute atomic E-state index is 0.0538. The van der Waals surface area contributed by atoms with Crippen LogP contribution in [0.1, 0.15) is 25.8 Å². The number of amides is 1. The van der Waals surface area contributed by atoms with Gasteiger partial charge in [0.05, 0.1) is 5.75 Å². The third kappa shape index (κ3) is 5.73. The molecule has 0 aliphatic heterocycles. The summed E-state index contributed by atoms with van der Waals surface area (Å²) in [5.41, 5.74) is 6.73. The van der Waals surface area contributed by atoms with Gasteiger partial charge < -0.3 is 10.6 Å². The van der Waals surface area contributed by atoms with Crippen LogP contribution in [0.4, 0.5) is 5.69 Å². The fourth-order valence-corrected chi connectivity index (χ4v) is 3.16. The maximum Gasteiger partial charge on any atom is 0.223 e. The summed E-state index contributed by atoms with van der Waals surface area (Å²) < 4.78 is 26.3. The number of hydrogen-bond acceptors (Lipinski definition) is 4. The molecule has 0 fully saturated rings. The quantitative estimate of drug-likeness (QED) is 0.699. The van der Waals surface area contributed by atoms with Crippen molar-refractivity contribution in [3.8, 4) is 0 Å². The van der Waals surface area contributed by atoms with Gasteiger partial charge in [0, 0.05) is 31.7 Å². The van der Waals surface area contributed by atoms with Crippen LogP contribution in [0.5, 0.6) is 0 Å². The molecular weight excluding hydrogens is 290 g/mol. The molecule has 7 heteroatoms. The van der Waals surface area contributed by atoms with E-state index in [0.717, 1.165) is 0 Å². The molecule has 0 spiro atoms. The Bertz CT molecular complexity index is 569. The first kappa shape index (κ1) is 17.5. The van der Waals surface area contributed by atoms with Crippen molar-refractivity contribution < 1.29 is 13.2 Å². The number of carbonyl (C=O) groups is 1. The SMILES string of the molecule is CCN(CC)C(=O)CCNS(=O)(=O)Cc1ccccc1N. The normalized spacial score (nSPS) is 11.3. The van der Waals surface area contributed by atoms with Crippen LogP contribution >= 0.6 is 0 Å². The number of nitrogens with two attached hydrogens (primary N) is 1. The van der Waals surface area contributed by atoms with Crippen molar-refractivity contribution in [2.45, 2.75) is 26.0 Å². The van der Waals surface area contributed by atoms with Crippen molar-refractivity contribution in [1.82, 2.24) is 9.62 Å². The van der Waals surface area contributed by atoms with Gasteiger partial charge >= 0.3 is 0 Å². The van der Waals surface area contributed by atoms with Gasteiger partial charge in [-0.3, -0.25) is 4.79 Å². The van der Waals surface area contributed by atoms with Crippen molar-refractivity contribution in [1.29, 1.82) is 0 Å². The molecule has 0 unspecified atom stereocenters. The molecule has 0 radical (unpaired) electrons. The average Bonchev–Trinajstić information content (AvgIpc) is 2.42. The van der Waals surface area contributed by atoms with Crippen LogP contribution in [0.3, 0.4) is 0 Å². The molecule has 1 aromatic carbocycles. The van der Waals surface area contributed by atoms with E-state index in [1.807, 2.05) is 13.8 Å². The van der Waals surface area contributed by atoms with Crippen LogP contribution in [0.2, 0.25) is 0 Å². The number of para-hydroxylation sites is 1. The molecule has 0 aliphatic carbocycles. The number of nitrogen functional groups attached to an aromatic ring is 1. The molecule has 6 nitrogen and oxygen atoms in total. The molecule has 0 heterocycles. The Kier molecular flexibility index (Phi) is 6.64. The molecule has 0 aliphatic rings. The maximum atomic E-state index is 12.0. The molecule has 3 N–H and O–H groups in total. The van der Waals surface area contributed by atoms with Gasteiger partial charge in [0.15, 0.2) is 0 Å². The molecule has 21 heavy (non-hydrogen) atoms. The summed E-state index contributed by atoms with van der Waals surface area (Å²) in [6, 6.07) is 6.83. The Labute approximate surface area is 126 Å². The summed E-state index contributed by atoms with van der Waals surface area (Å²) in [6.45, 7) is 5.14. The van der Waals surface area contributed by atoms with E-state index in [-0.39, 0.29) is 24.6 Å². The lowest BCUT2D eigenvalue weighted by molar-refractivity contribution is -0.130. The molecule has 1 aromatic rings. The number of hydrogen-bond donors (Lipinski definition) is 2. The fraction of sp³-hybridized carbons (Fsp3) is 0.500. The molecule has 0 saturated heterocycles. The topological polar surface area (TPSA) is 92.5 Å². The molecule has 1 amide bonds. The summed E-state index contributed by atoms with van der Waals surface area (Å²) in [7, 11) is -3.49. The second kappa shape index (κ2) is 7.99. The average molecular weight is 313 g/mol. The number of rotatable bonds is 8. The highest BCUT2D eigenvalue weighted by Gasteiger charge is 2.15. The lowest BCUT2D eigenvalue weighted by atomic mass is 10.2. The number of nitrogens with zero attached hydrogens (tertiary/aromatic N) is 1. The van der Waals surface area contributed by atoms with E-state index in [1.165, 1.54) is 0 Å². The molecule has 0 bridgehead atoms. The Morgan fingerprint density at radius 3 is 2.43 bits per heavy atom. The number of anilines is 1. The van der Waals surface area contributed by atoms with Gasteiger partial charge in [0.2, 0.25) is 15.9 Å². The zero-order chi connectivity index (χ0) is 15.9. The highest BCUT2D eigenvalue weighted by Crippen LogP contribution is 2.13. The zero-order valence-electron chi connectivity index (χ0n) is 12.5. The predicted molar refractivity (Wildman–Crippen MR) is 84.0 cm³/mol. The Morgan fingerprint density at radius 2 is 1.86 bits per heavy atom. The van der Waals surface area contributed by atoms with E-state index in [1.54, 1.807) is 29.2 Å². The van der Waals surface area contributed by atoms with E-state index in [0.29, 0.717) is 24.3 Å². The second-order valence-corrected chi connectivity index (χ2v) is 6.48. The minimum atomic E-state index is -3.49. The number of sulfonamides is 1. The first-order valence-corrected chi connectivity index (χ1v) is 8.63. The first-order chi connectivity index (χ1) is 9.89. The number of carbonyl (C=O) groups excluding carboxylic acids is 1. The second-order valence-electron chi connectivity index (χ2n) is 4.67. The summed E-state index contributed by atoms with van der Waals surface area (Å²) in [5.74, 6) is -0.235. The summed E-state index contributed by atoms with van der Waals surface area (Å²) >= 11 is 0. The van der Waals surface area contributed by atoms with E-state index >= 15 is 0 Å². The molecule has 1 rings (SSSR count). The Hall–Kier alpha value is -1.60. The van der Waals surface area contributed by atoms with E-state index < -0.39 is 10.0 Å². The third-order valence-electron chi connectivity index (χ3n) is 3.18. The molecule has 0 aromatic heterocycles. The van der Waals surface area contributed by atoms with Crippen molar-refractivity contribution in [2.24, 2.45) is 0 Å². The minimum Gasteiger partial charge on any atom is -0.398 e. The van der Waals surface area contributed by atoms with E-state index in [4.69, 9.17) is 5.73 Å². The molecule has 118 valence electrons. The summed E-state index contributed by atoms with van der Waals surface area (Å²) in [5, 5.41) is 0. The highest BCUT2D eigenvalue weighted by molar-refractivity contribution is 7.88. The zero-order valence-corrected chi connectivity index (χ0v) is 13.3. The van der Waals surface area contributed by atoms with Gasteiger partial charge in [-0.05, 0) is 25.5 Å². The van der Waals surface area contributed by atoms with Gasteiger partial charge in [-0.2, -0.15) is 0 Å². The molecule has 0 saturated carbocycles. The van der Waals surface area contributed by atoms with Crippen molar-refractivity contribution in [3.63, 3.8) is 0 Å². The van der Waals surface area contributed by atoms with Crippen LogP contribution in [0, 0.1) is 0 Å². The van der Waals surface area contributed by atoms with Crippen LogP contribution in [-0.2, 0) is 20.6 Å². The fourth-order valence-electron chi connectivity index (χ4n) is 1.97. The van der Waals surface area contributed by atoms with Crippen LogP contribution in [0.15, 0.2) is 24.3 Å². The van der Waals surface area contributed by atoms with Crippen molar-refractivity contribution in [2.75, 3.05) is 25.4 Å². The van der Waals surface area contributed by atoms with Crippen LogP contribution in [-0.4, -0.2) is 38.9 Å². The standard InChI is InChI=1S/C14H23N3O3S/c1-3-17(4-2)14(18)9-10-16-21(19,20)11-12-7-5-6-8-13(12)15/h5-8,16H,3-4,9-11,15H2,1-2H3. The Balaban J connectivity index is 2.51. The lowest BCUT2D eigenvalue weighted by Gasteiger charge is -2.18. The van der Waals surface area contributed by atoms with Crippen molar-refractivity contribution >= 4 is 21.6 Å². The van der Waals surface area contributed by atoms with Gasteiger partial charge in [-0.15, -0.1) is 0 Å². The van der Waals surface area contributed by atoms with E-state index in [2.05, 4.69) is 4.72 Å². The maximum absolute atomic E-state index is 12.0. The molecule has 0 atom stereocenters. The van der Waals surface area contributed by atoms with Gasteiger partial charge in [-0.25, -0.2) is 13.1 Å². The highest BCUT2D eigenvalue weighted by atomic mass is 32.2. The Morgan fingerprint density at radius 1 is 1.24 bits per heavy atom. The third-order valence-corrected chi connectivity index (χ3v) is 4.51. The summed E-state index contributed by atoms with van der Waals surface area (Å²) in [4.78, 5) is 13.4. The monoisotopic (exact) mass is 313 g/mol. The van der Waals surface area contributed by atoms with Gasteiger partial charge in [-0.1, -0.05) is 18.2 Å². The molecular formula is C14H23N3O3S. The number of nitrogens with one attached hydrogen (secondary N) is 1. The summed E-state index contributed by atoms with van der Waals surface area (Å²) in [6.07, 6.45) is 0.158. The predicted octanol–water partition coefficient (Wildman–Crippen LogP) is 0.947. The number of benzene rings is 1. The largest absolute Gasteiger partial charge is 0.398 e.